The van der Waals surface area contributed by atoms with Crippen LogP contribution in [0.5, 0.6) is 5.75 Å². The number of rotatable bonds is 5. The van der Waals surface area contributed by atoms with Crippen molar-refractivity contribution < 1.29 is 19.4 Å². The number of carbonyl (C=O) groups is 2. The molecule has 0 aliphatic rings. The Morgan fingerprint density at radius 1 is 1.17 bits per heavy atom. The predicted molar refractivity (Wildman–Crippen MR) is 90.5 cm³/mol. The summed E-state index contributed by atoms with van der Waals surface area (Å²) in [5, 5.41) is 12.3. The maximum atomic E-state index is 11.9. The monoisotopic (exact) mass is 377 g/mol. The Balaban J connectivity index is 1.90. The number of aryl methyl sites for hydroxylation is 1. The van der Waals surface area contributed by atoms with Gasteiger partial charge in [0.1, 0.15) is 11.3 Å². The second kappa shape index (κ2) is 7.78. The van der Waals surface area contributed by atoms with E-state index in [0.29, 0.717) is 10.2 Å². The molecule has 0 saturated heterocycles. The lowest BCUT2D eigenvalue weighted by molar-refractivity contribution is -0.119. The highest BCUT2D eigenvalue weighted by molar-refractivity contribution is 9.10. The van der Waals surface area contributed by atoms with Gasteiger partial charge in [0, 0.05) is 10.2 Å². The summed E-state index contributed by atoms with van der Waals surface area (Å²) in [4.78, 5) is 23.7. The summed E-state index contributed by atoms with van der Waals surface area (Å²) in [5.41, 5.74) is 1.80. The largest absolute Gasteiger partial charge is 0.507 e. The minimum atomic E-state index is -0.764. The number of hydrogen-bond acceptors (Lipinski definition) is 4. The second-order valence-electron chi connectivity index (χ2n) is 4.84. The lowest BCUT2D eigenvalue weighted by Crippen LogP contribution is -2.21. The molecule has 1 amide bonds. The Kier molecular flexibility index (Phi) is 5.76. The number of esters is 1. The molecule has 120 valence electrons. The Bertz CT molecular complexity index is 713. The van der Waals surface area contributed by atoms with Crippen molar-refractivity contribution >= 4 is 33.5 Å². The van der Waals surface area contributed by atoms with Gasteiger partial charge in [0.15, 0.2) is 6.61 Å². The van der Waals surface area contributed by atoms with Gasteiger partial charge in [-0.15, -0.1) is 0 Å². The van der Waals surface area contributed by atoms with Crippen LogP contribution in [0.4, 0.5) is 5.69 Å². The van der Waals surface area contributed by atoms with E-state index in [-0.39, 0.29) is 11.3 Å². The van der Waals surface area contributed by atoms with Crippen LogP contribution in [0.3, 0.4) is 0 Å². The number of nitrogens with one attached hydrogen (secondary N) is 1. The normalized spacial score (nSPS) is 10.2. The maximum Gasteiger partial charge on any atom is 0.342 e. The maximum absolute atomic E-state index is 11.9. The third-order valence-corrected chi connectivity index (χ3v) is 3.65. The first kappa shape index (κ1) is 17.0. The molecule has 0 atom stereocenters. The van der Waals surface area contributed by atoms with Gasteiger partial charge in [-0.05, 0) is 42.3 Å². The fourth-order valence-electron chi connectivity index (χ4n) is 1.90. The van der Waals surface area contributed by atoms with Crippen molar-refractivity contribution in [1.82, 2.24) is 0 Å². The molecule has 2 aromatic carbocycles. The van der Waals surface area contributed by atoms with Crippen LogP contribution < -0.4 is 5.32 Å². The Morgan fingerprint density at radius 2 is 1.87 bits per heavy atom. The van der Waals surface area contributed by atoms with E-state index in [0.717, 1.165) is 6.42 Å². The molecule has 0 fully saturated rings. The van der Waals surface area contributed by atoms with E-state index in [9.17, 15) is 14.7 Å². The molecule has 0 heterocycles. The van der Waals surface area contributed by atoms with Gasteiger partial charge in [-0.2, -0.15) is 0 Å². The average molecular weight is 378 g/mol. The van der Waals surface area contributed by atoms with Gasteiger partial charge < -0.3 is 15.2 Å². The SMILES string of the molecule is CCc1ccc(NC(=O)COC(=O)c2cc(Br)ccc2O)cc1. The second-order valence-corrected chi connectivity index (χ2v) is 5.75. The molecule has 0 aliphatic heterocycles. The standard InChI is InChI=1S/C17H16BrNO4/c1-2-11-3-6-13(7-4-11)19-16(21)10-23-17(22)14-9-12(18)5-8-15(14)20/h3-9,20H,2,10H2,1H3,(H,19,21). The average Bonchev–Trinajstić information content (AvgIpc) is 2.55. The van der Waals surface area contributed by atoms with Crippen molar-refractivity contribution in [2.45, 2.75) is 13.3 Å². The van der Waals surface area contributed by atoms with Crippen LogP contribution in [0.25, 0.3) is 0 Å². The summed E-state index contributed by atoms with van der Waals surface area (Å²) in [5.74, 6) is -1.41. The summed E-state index contributed by atoms with van der Waals surface area (Å²) in [6, 6.07) is 11.8. The van der Waals surface area contributed by atoms with Crippen molar-refractivity contribution in [3.8, 4) is 5.75 Å². The fraction of sp³-hybridized carbons (Fsp3) is 0.176. The molecule has 0 unspecified atom stereocenters. The van der Waals surface area contributed by atoms with E-state index >= 15 is 0 Å². The molecule has 2 N–H and O–H groups in total. The van der Waals surface area contributed by atoms with E-state index in [4.69, 9.17) is 4.74 Å². The number of anilines is 1. The number of ether oxygens (including phenoxy) is 1. The number of benzene rings is 2. The van der Waals surface area contributed by atoms with Gasteiger partial charge in [0.25, 0.3) is 5.91 Å². The minimum Gasteiger partial charge on any atom is -0.507 e. The molecule has 23 heavy (non-hydrogen) atoms. The minimum absolute atomic E-state index is 0.000487. The Morgan fingerprint density at radius 3 is 2.52 bits per heavy atom. The van der Waals surface area contributed by atoms with Crippen LogP contribution in [0, 0.1) is 0 Å². The third-order valence-electron chi connectivity index (χ3n) is 3.16. The first-order valence-corrected chi connectivity index (χ1v) is 7.83. The first-order valence-electron chi connectivity index (χ1n) is 7.04. The zero-order chi connectivity index (χ0) is 16.8. The third kappa shape index (κ3) is 4.82. The number of amides is 1. The highest BCUT2D eigenvalue weighted by atomic mass is 79.9. The van der Waals surface area contributed by atoms with Crippen LogP contribution in [0.2, 0.25) is 0 Å². The van der Waals surface area contributed by atoms with Gasteiger partial charge in [-0.1, -0.05) is 35.0 Å². The number of hydrogen-bond donors (Lipinski definition) is 2. The zero-order valence-corrected chi connectivity index (χ0v) is 14.1. The molecule has 0 spiro atoms. The van der Waals surface area contributed by atoms with Crippen LogP contribution >= 0.6 is 15.9 Å². The molecule has 0 bridgehead atoms. The molecule has 5 nitrogen and oxygen atoms in total. The lowest BCUT2D eigenvalue weighted by Gasteiger charge is -2.08. The van der Waals surface area contributed by atoms with Crippen molar-refractivity contribution in [1.29, 1.82) is 0 Å². The highest BCUT2D eigenvalue weighted by Gasteiger charge is 2.15. The molecule has 0 aromatic heterocycles. The van der Waals surface area contributed by atoms with Gasteiger partial charge >= 0.3 is 5.97 Å². The van der Waals surface area contributed by atoms with Crippen LogP contribution in [-0.2, 0) is 16.0 Å². The number of aromatic hydroxyl groups is 1. The van der Waals surface area contributed by atoms with Crippen LogP contribution in [0.15, 0.2) is 46.9 Å². The van der Waals surface area contributed by atoms with E-state index in [1.165, 1.54) is 17.7 Å². The number of halogens is 1. The van der Waals surface area contributed by atoms with Crippen molar-refractivity contribution in [2.75, 3.05) is 11.9 Å². The molecule has 0 aliphatic carbocycles. The van der Waals surface area contributed by atoms with Crippen LogP contribution in [-0.4, -0.2) is 23.6 Å². The summed E-state index contributed by atoms with van der Waals surface area (Å²) < 4.78 is 5.54. The molecule has 6 heteroatoms. The number of carbonyl (C=O) groups excluding carboxylic acids is 2. The van der Waals surface area contributed by atoms with Crippen molar-refractivity contribution in [2.24, 2.45) is 0 Å². The van der Waals surface area contributed by atoms with E-state index in [1.54, 1.807) is 18.2 Å². The number of phenols is 1. The molecular weight excluding hydrogens is 362 g/mol. The quantitative estimate of drug-likeness (QED) is 0.781. The van der Waals surface area contributed by atoms with Gasteiger partial charge in [-0.25, -0.2) is 4.79 Å². The first-order chi connectivity index (χ1) is 11.0. The number of phenolic OH excluding ortho intramolecular Hbond substituents is 1. The predicted octanol–water partition coefficient (Wildman–Crippen LogP) is 3.51. The molecular formula is C17H16BrNO4. The van der Waals surface area contributed by atoms with Crippen LogP contribution in [0.1, 0.15) is 22.8 Å². The van der Waals surface area contributed by atoms with E-state index < -0.39 is 18.5 Å². The van der Waals surface area contributed by atoms with E-state index in [1.807, 2.05) is 19.1 Å². The van der Waals surface area contributed by atoms with Crippen molar-refractivity contribution in [3.63, 3.8) is 0 Å². The summed E-state index contributed by atoms with van der Waals surface area (Å²) in [7, 11) is 0. The smallest absolute Gasteiger partial charge is 0.342 e. The molecule has 0 radical (unpaired) electrons. The van der Waals surface area contributed by atoms with Crippen molar-refractivity contribution in [3.05, 3.63) is 58.1 Å². The zero-order valence-electron chi connectivity index (χ0n) is 12.5. The van der Waals surface area contributed by atoms with Gasteiger partial charge in [0.2, 0.25) is 0 Å². The summed E-state index contributed by atoms with van der Waals surface area (Å²) in [6.45, 7) is 1.62. The lowest BCUT2D eigenvalue weighted by atomic mass is 10.1. The topological polar surface area (TPSA) is 75.6 Å². The fourth-order valence-corrected chi connectivity index (χ4v) is 2.26. The molecule has 2 aromatic rings. The summed E-state index contributed by atoms with van der Waals surface area (Å²) in [6.07, 6.45) is 0.919. The van der Waals surface area contributed by atoms with Gasteiger partial charge in [0.05, 0.1) is 0 Å². The van der Waals surface area contributed by atoms with E-state index in [2.05, 4.69) is 21.2 Å². The Hall–Kier alpha value is -2.34. The summed E-state index contributed by atoms with van der Waals surface area (Å²) >= 11 is 3.20. The molecule has 0 saturated carbocycles. The highest BCUT2D eigenvalue weighted by Crippen LogP contribution is 2.22. The molecule has 2 rings (SSSR count). The van der Waals surface area contributed by atoms with Gasteiger partial charge in [-0.3, -0.25) is 4.79 Å². The Labute approximate surface area is 142 Å².